The molecule has 0 unspecified atom stereocenters. The van der Waals surface area contributed by atoms with E-state index in [4.69, 9.17) is 10.0 Å². The van der Waals surface area contributed by atoms with E-state index in [0.29, 0.717) is 5.46 Å². The van der Waals surface area contributed by atoms with Gasteiger partial charge in [0, 0.05) is 26.9 Å². The molecule has 188 valence electrons. The molecule has 0 amide bonds. The molecule has 6 aromatic rings. The summed E-state index contributed by atoms with van der Waals surface area (Å²) in [6, 6.07) is 35.5. The Hall–Kier alpha value is -2.88. The van der Waals surface area contributed by atoms with Crippen molar-refractivity contribution < 1.29 is 10.0 Å². The van der Waals surface area contributed by atoms with Crippen LogP contribution in [0.3, 0.4) is 0 Å². The Morgan fingerprint density at radius 3 is 1.63 bits per heavy atom. The lowest BCUT2D eigenvalue weighted by molar-refractivity contribution is 0.426. The van der Waals surface area contributed by atoms with Crippen LogP contribution in [0.2, 0.25) is 0 Å². The average Bonchev–Trinajstić information content (AvgIpc) is 2.95. The first-order valence-corrected chi connectivity index (χ1v) is 14.0. The molecule has 0 saturated heterocycles. The Balaban J connectivity index is 0.000000144. The highest BCUT2D eigenvalue weighted by atomic mass is 79.9. The van der Waals surface area contributed by atoms with Crippen LogP contribution >= 0.6 is 47.8 Å². The highest BCUT2D eigenvalue weighted by Gasteiger charge is 2.12. The average molecular weight is 693 g/mol. The van der Waals surface area contributed by atoms with Crippen molar-refractivity contribution in [1.29, 1.82) is 0 Å². The lowest BCUT2D eigenvalue weighted by atomic mass is 9.79. The van der Waals surface area contributed by atoms with E-state index in [1.807, 2.05) is 72.9 Å². The second-order valence-electron chi connectivity index (χ2n) is 8.14. The van der Waals surface area contributed by atoms with E-state index in [2.05, 4.69) is 88.1 Å². The molecule has 6 rings (SSSR count). The van der Waals surface area contributed by atoms with Crippen LogP contribution in [0.1, 0.15) is 0 Å². The van der Waals surface area contributed by atoms with E-state index in [-0.39, 0.29) is 0 Å². The number of aromatic nitrogens is 2. The zero-order valence-corrected chi connectivity index (χ0v) is 24.8. The number of hydrogen-bond donors (Lipinski definition) is 2. The molecule has 8 heteroatoms. The van der Waals surface area contributed by atoms with Crippen molar-refractivity contribution in [2.45, 2.75) is 0 Å². The van der Waals surface area contributed by atoms with Gasteiger partial charge in [0.2, 0.25) is 0 Å². The van der Waals surface area contributed by atoms with Crippen molar-refractivity contribution >= 4 is 81.9 Å². The van der Waals surface area contributed by atoms with E-state index in [1.54, 1.807) is 18.3 Å². The summed E-state index contributed by atoms with van der Waals surface area (Å²) in [5.41, 5.74) is 2.63. The molecule has 4 nitrogen and oxygen atoms in total. The van der Waals surface area contributed by atoms with Crippen LogP contribution in [0, 0.1) is 0 Å². The fourth-order valence-electron chi connectivity index (χ4n) is 3.72. The second-order valence-corrected chi connectivity index (χ2v) is 10.7. The number of hydrogen-bond acceptors (Lipinski definition) is 4. The van der Waals surface area contributed by atoms with Crippen molar-refractivity contribution in [3.8, 4) is 11.3 Å². The van der Waals surface area contributed by atoms with Gasteiger partial charge in [-0.05, 0) is 85.4 Å². The van der Waals surface area contributed by atoms with Gasteiger partial charge in [0.15, 0.2) is 0 Å². The lowest BCUT2D eigenvalue weighted by Crippen LogP contribution is -2.29. The molecule has 2 heterocycles. The molecule has 0 aliphatic rings. The van der Waals surface area contributed by atoms with Crippen molar-refractivity contribution in [3.05, 3.63) is 135 Å². The molecular formula is C30H22BBr3N2O2. The van der Waals surface area contributed by atoms with Crippen LogP contribution in [0.4, 0.5) is 0 Å². The lowest BCUT2D eigenvalue weighted by Gasteiger charge is -2.05. The highest BCUT2D eigenvalue weighted by molar-refractivity contribution is 9.11. The smallest absolute Gasteiger partial charge is 0.423 e. The minimum atomic E-state index is -1.42. The predicted octanol–water partition coefficient (Wildman–Crippen LogP) is 7.79. The summed E-state index contributed by atoms with van der Waals surface area (Å²) in [6.07, 6.45) is 3.56. The van der Waals surface area contributed by atoms with Gasteiger partial charge in [-0.15, -0.1) is 0 Å². The molecule has 0 saturated carbocycles. The summed E-state index contributed by atoms with van der Waals surface area (Å²) in [5.74, 6) is 0. The maximum absolute atomic E-state index is 9.04. The molecular weight excluding hydrogens is 671 g/mol. The number of fused-ring (bicyclic) bond motifs is 2. The van der Waals surface area contributed by atoms with Gasteiger partial charge in [0.05, 0.1) is 5.69 Å². The first-order valence-electron chi connectivity index (χ1n) is 11.6. The normalized spacial score (nSPS) is 10.2. The maximum Gasteiger partial charge on any atom is 0.488 e. The van der Waals surface area contributed by atoms with E-state index in [9.17, 15) is 0 Å². The Morgan fingerprint density at radius 2 is 1.11 bits per heavy atom. The third-order valence-electron chi connectivity index (χ3n) is 5.53. The van der Waals surface area contributed by atoms with Crippen LogP contribution in [-0.2, 0) is 0 Å². The molecule has 4 aromatic carbocycles. The highest BCUT2D eigenvalue weighted by Crippen LogP contribution is 2.30. The molecule has 0 radical (unpaired) electrons. The van der Waals surface area contributed by atoms with Gasteiger partial charge < -0.3 is 10.0 Å². The Bertz CT molecular complexity index is 1640. The van der Waals surface area contributed by atoms with Crippen molar-refractivity contribution in [3.63, 3.8) is 0 Å². The Morgan fingerprint density at radius 1 is 0.553 bits per heavy atom. The molecule has 2 N–H and O–H groups in total. The molecule has 2 aromatic heterocycles. The Labute approximate surface area is 247 Å². The van der Waals surface area contributed by atoms with Gasteiger partial charge in [-0.25, -0.2) is 4.98 Å². The SMILES string of the molecule is Brc1cc(-c2ccccn2)cc2ccccc12.Brc1ccccn1.OB(O)c1cc(Br)c2ccccc2c1. The van der Waals surface area contributed by atoms with Gasteiger partial charge in [0.1, 0.15) is 4.60 Å². The van der Waals surface area contributed by atoms with Gasteiger partial charge in [-0.1, -0.05) is 98.6 Å². The molecule has 38 heavy (non-hydrogen) atoms. The minimum absolute atomic E-state index is 0.496. The van der Waals surface area contributed by atoms with Crippen LogP contribution in [0.5, 0.6) is 0 Å². The number of benzene rings is 4. The molecule has 0 aliphatic heterocycles. The number of halogens is 3. The summed E-state index contributed by atoms with van der Waals surface area (Å²) >= 11 is 10.2. The number of nitrogens with zero attached hydrogens (tertiary/aromatic N) is 2. The summed E-state index contributed by atoms with van der Waals surface area (Å²) in [5, 5.41) is 22.6. The van der Waals surface area contributed by atoms with Crippen LogP contribution < -0.4 is 5.46 Å². The molecule has 0 fully saturated rings. The summed E-state index contributed by atoms with van der Waals surface area (Å²) < 4.78 is 2.87. The zero-order chi connectivity index (χ0) is 26.9. The summed E-state index contributed by atoms with van der Waals surface area (Å²) in [4.78, 5) is 8.27. The van der Waals surface area contributed by atoms with Crippen molar-refractivity contribution in [2.24, 2.45) is 0 Å². The second kappa shape index (κ2) is 13.8. The maximum atomic E-state index is 9.04. The van der Waals surface area contributed by atoms with E-state index >= 15 is 0 Å². The van der Waals surface area contributed by atoms with E-state index < -0.39 is 7.12 Å². The molecule has 0 atom stereocenters. The standard InChI is InChI=1S/C15H10BrN.C10H8BBrO2.C5H4BrN/c16-14-10-12(15-7-3-4-8-17-15)9-11-5-1-2-6-13(11)14;12-10-6-8(11(13)14)5-7-3-1-2-4-9(7)10;6-5-3-1-2-4-7-5/h1-10H;1-6,13-14H;1-4H. The molecule has 0 aliphatic carbocycles. The fraction of sp³-hybridized carbons (Fsp3) is 0. The van der Waals surface area contributed by atoms with Gasteiger partial charge in [0.25, 0.3) is 0 Å². The van der Waals surface area contributed by atoms with Gasteiger partial charge in [-0.2, -0.15) is 0 Å². The van der Waals surface area contributed by atoms with Gasteiger partial charge in [-0.3, -0.25) is 4.98 Å². The van der Waals surface area contributed by atoms with Crippen LogP contribution in [0.25, 0.3) is 32.8 Å². The third-order valence-corrected chi connectivity index (χ3v) is 7.31. The first kappa shape index (κ1) is 28.1. The fourth-order valence-corrected chi connectivity index (χ4v) is 5.23. The topological polar surface area (TPSA) is 66.2 Å². The quantitative estimate of drug-likeness (QED) is 0.144. The van der Waals surface area contributed by atoms with Crippen molar-refractivity contribution in [2.75, 3.05) is 0 Å². The first-order chi connectivity index (χ1) is 18.4. The minimum Gasteiger partial charge on any atom is -0.423 e. The van der Waals surface area contributed by atoms with Crippen molar-refractivity contribution in [1.82, 2.24) is 9.97 Å². The predicted molar refractivity (Wildman–Crippen MR) is 168 cm³/mol. The number of rotatable bonds is 2. The molecule has 0 bridgehead atoms. The monoisotopic (exact) mass is 690 g/mol. The largest absolute Gasteiger partial charge is 0.488 e. The Kier molecular flexibility index (Phi) is 10.2. The van der Waals surface area contributed by atoms with Gasteiger partial charge >= 0.3 is 7.12 Å². The number of pyridine rings is 2. The van der Waals surface area contributed by atoms with E-state index in [1.165, 1.54) is 10.8 Å². The van der Waals surface area contributed by atoms with Crippen LogP contribution in [-0.4, -0.2) is 27.1 Å². The van der Waals surface area contributed by atoms with Crippen LogP contribution in [0.15, 0.2) is 135 Å². The third kappa shape index (κ3) is 7.59. The zero-order valence-electron chi connectivity index (χ0n) is 20.0. The van der Waals surface area contributed by atoms with E-state index in [0.717, 1.165) is 35.6 Å². The summed E-state index contributed by atoms with van der Waals surface area (Å²) in [6.45, 7) is 0. The molecule has 0 spiro atoms. The summed E-state index contributed by atoms with van der Waals surface area (Å²) in [7, 11) is -1.42.